The van der Waals surface area contributed by atoms with Crippen molar-refractivity contribution in [3.05, 3.63) is 64.1 Å². The summed E-state index contributed by atoms with van der Waals surface area (Å²) in [5.74, 6) is 0.0468. The first-order valence-corrected chi connectivity index (χ1v) is 7.04. The van der Waals surface area contributed by atoms with E-state index in [-0.39, 0.29) is 5.91 Å². The van der Waals surface area contributed by atoms with E-state index in [1.807, 2.05) is 55.5 Å². The quantitative estimate of drug-likeness (QED) is 0.893. The fourth-order valence-corrected chi connectivity index (χ4v) is 2.10. The van der Waals surface area contributed by atoms with Crippen LogP contribution in [0.3, 0.4) is 0 Å². The molecule has 0 bridgehead atoms. The lowest BCUT2D eigenvalue weighted by atomic mass is 10.1. The Morgan fingerprint density at radius 3 is 2.58 bits per heavy atom. The number of benzene rings is 2. The van der Waals surface area contributed by atoms with Gasteiger partial charge in [0.05, 0.1) is 0 Å². The van der Waals surface area contributed by atoms with Gasteiger partial charge in [-0.3, -0.25) is 4.79 Å². The molecule has 1 N–H and O–H groups in total. The highest BCUT2D eigenvalue weighted by Crippen LogP contribution is 2.20. The lowest BCUT2D eigenvalue weighted by Gasteiger charge is -2.07. The first-order chi connectivity index (χ1) is 9.15. The number of halogens is 1. The summed E-state index contributed by atoms with van der Waals surface area (Å²) >= 11 is 3.44. The van der Waals surface area contributed by atoms with Crippen LogP contribution in [0.2, 0.25) is 0 Å². The summed E-state index contributed by atoms with van der Waals surface area (Å²) in [4.78, 5) is 11.9. The Labute approximate surface area is 122 Å². The van der Waals surface area contributed by atoms with Crippen LogP contribution in [0.5, 0.6) is 0 Å². The summed E-state index contributed by atoms with van der Waals surface area (Å²) in [6.07, 6.45) is 1.27. The van der Waals surface area contributed by atoms with Gasteiger partial charge in [-0.2, -0.15) is 0 Å². The molecular weight excluding hydrogens is 302 g/mol. The third-order valence-corrected chi connectivity index (χ3v) is 3.82. The van der Waals surface area contributed by atoms with Crippen LogP contribution in [-0.4, -0.2) is 5.91 Å². The molecule has 1 amide bonds. The topological polar surface area (TPSA) is 29.1 Å². The third-order valence-electron chi connectivity index (χ3n) is 2.93. The normalized spacial score (nSPS) is 10.2. The highest BCUT2D eigenvalue weighted by Gasteiger charge is 2.04. The van der Waals surface area contributed by atoms with Crippen molar-refractivity contribution in [1.82, 2.24) is 0 Å². The van der Waals surface area contributed by atoms with Crippen molar-refractivity contribution in [1.29, 1.82) is 0 Å². The zero-order chi connectivity index (χ0) is 13.7. The lowest BCUT2D eigenvalue weighted by molar-refractivity contribution is -0.116. The van der Waals surface area contributed by atoms with Crippen molar-refractivity contribution >= 4 is 27.5 Å². The minimum absolute atomic E-state index is 0.0468. The SMILES string of the molecule is Cc1cc(NC(=O)CCc2ccccc2)ccc1Br. The molecule has 3 heteroatoms. The summed E-state index contributed by atoms with van der Waals surface area (Å²) in [5, 5.41) is 2.92. The standard InChI is InChI=1S/C16H16BrNO/c1-12-11-14(8-9-15(12)17)18-16(19)10-7-13-5-3-2-4-6-13/h2-6,8-9,11H,7,10H2,1H3,(H,18,19). The molecule has 0 aliphatic heterocycles. The summed E-state index contributed by atoms with van der Waals surface area (Å²) < 4.78 is 1.05. The number of carbonyl (C=O) groups excluding carboxylic acids is 1. The van der Waals surface area contributed by atoms with Crippen molar-refractivity contribution in [2.75, 3.05) is 5.32 Å². The third kappa shape index (κ3) is 4.21. The molecule has 0 saturated heterocycles. The van der Waals surface area contributed by atoms with E-state index in [0.29, 0.717) is 6.42 Å². The van der Waals surface area contributed by atoms with Gasteiger partial charge in [-0.1, -0.05) is 46.3 Å². The predicted molar refractivity (Wildman–Crippen MR) is 82.3 cm³/mol. The average molecular weight is 318 g/mol. The van der Waals surface area contributed by atoms with Crippen molar-refractivity contribution in [2.24, 2.45) is 0 Å². The smallest absolute Gasteiger partial charge is 0.224 e. The Morgan fingerprint density at radius 2 is 1.89 bits per heavy atom. The molecule has 2 rings (SSSR count). The number of carbonyl (C=O) groups is 1. The molecule has 0 aliphatic rings. The van der Waals surface area contributed by atoms with Crippen LogP contribution in [-0.2, 0) is 11.2 Å². The largest absolute Gasteiger partial charge is 0.326 e. The van der Waals surface area contributed by atoms with Gasteiger partial charge in [-0.15, -0.1) is 0 Å². The highest BCUT2D eigenvalue weighted by atomic mass is 79.9. The van der Waals surface area contributed by atoms with Gasteiger partial charge in [0.1, 0.15) is 0 Å². The van der Waals surface area contributed by atoms with Crippen LogP contribution in [0.15, 0.2) is 53.0 Å². The molecule has 0 spiro atoms. The highest BCUT2D eigenvalue weighted by molar-refractivity contribution is 9.10. The molecule has 0 heterocycles. The second kappa shape index (κ2) is 6.53. The van der Waals surface area contributed by atoms with Crippen LogP contribution in [0.25, 0.3) is 0 Å². The van der Waals surface area contributed by atoms with Crippen LogP contribution in [0, 0.1) is 6.92 Å². The zero-order valence-corrected chi connectivity index (χ0v) is 12.4. The lowest BCUT2D eigenvalue weighted by Crippen LogP contribution is -2.12. The van der Waals surface area contributed by atoms with E-state index in [2.05, 4.69) is 21.2 Å². The minimum atomic E-state index is 0.0468. The van der Waals surface area contributed by atoms with E-state index < -0.39 is 0 Å². The van der Waals surface area contributed by atoms with Crippen LogP contribution in [0.1, 0.15) is 17.5 Å². The van der Waals surface area contributed by atoms with Crippen molar-refractivity contribution in [3.8, 4) is 0 Å². The average Bonchev–Trinajstić information content (AvgIpc) is 2.42. The van der Waals surface area contributed by atoms with Gasteiger partial charge in [0.25, 0.3) is 0 Å². The molecule has 0 saturated carbocycles. The van der Waals surface area contributed by atoms with Gasteiger partial charge >= 0.3 is 0 Å². The monoisotopic (exact) mass is 317 g/mol. The second-order valence-electron chi connectivity index (χ2n) is 4.50. The fourth-order valence-electron chi connectivity index (χ4n) is 1.85. The number of amides is 1. The Morgan fingerprint density at radius 1 is 1.16 bits per heavy atom. The van der Waals surface area contributed by atoms with E-state index >= 15 is 0 Å². The number of hydrogen-bond acceptors (Lipinski definition) is 1. The van der Waals surface area contributed by atoms with Gasteiger partial charge in [-0.25, -0.2) is 0 Å². The van der Waals surface area contributed by atoms with Crippen molar-refractivity contribution in [3.63, 3.8) is 0 Å². The van der Waals surface area contributed by atoms with Crippen LogP contribution < -0.4 is 5.32 Å². The number of anilines is 1. The fraction of sp³-hybridized carbons (Fsp3) is 0.188. The number of aryl methyl sites for hydroxylation is 2. The van der Waals surface area contributed by atoms with E-state index in [4.69, 9.17) is 0 Å². The molecule has 2 aromatic rings. The summed E-state index contributed by atoms with van der Waals surface area (Å²) in [7, 11) is 0. The molecule has 0 aliphatic carbocycles. The number of nitrogens with one attached hydrogen (secondary N) is 1. The Kier molecular flexibility index (Phi) is 4.74. The van der Waals surface area contributed by atoms with Crippen LogP contribution >= 0.6 is 15.9 Å². The maximum absolute atomic E-state index is 11.9. The summed E-state index contributed by atoms with van der Waals surface area (Å²) in [5.41, 5.74) is 3.14. The molecular formula is C16H16BrNO. The molecule has 2 aromatic carbocycles. The first kappa shape index (κ1) is 13.8. The molecule has 19 heavy (non-hydrogen) atoms. The number of hydrogen-bond donors (Lipinski definition) is 1. The van der Waals surface area contributed by atoms with E-state index in [1.165, 1.54) is 5.56 Å². The van der Waals surface area contributed by atoms with Gasteiger partial charge in [0.15, 0.2) is 0 Å². The molecule has 2 nitrogen and oxygen atoms in total. The Bertz CT molecular complexity index is 566. The predicted octanol–water partition coefficient (Wildman–Crippen LogP) is 4.33. The van der Waals surface area contributed by atoms with Gasteiger partial charge in [0.2, 0.25) is 5.91 Å². The molecule has 0 aromatic heterocycles. The van der Waals surface area contributed by atoms with Gasteiger partial charge in [-0.05, 0) is 42.7 Å². The molecule has 0 unspecified atom stereocenters. The Hall–Kier alpha value is -1.61. The van der Waals surface area contributed by atoms with Gasteiger partial charge in [0, 0.05) is 16.6 Å². The van der Waals surface area contributed by atoms with Crippen molar-refractivity contribution in [2.45, 2.75) is 19.8 Å². The summed E-state index contributed by atoms with van der Waals surface area (Å²) in [6, 6.07) is 15.9. The Balaban J connectivity index is 1.89. The second-order valence-corrected chi connectivity index (χ2v) is 5.35. The zero-order valence-electron chi connectivity index (χ0n) is 10.8. The van der Waals surface area contributed by atoms with E-state index in [1.54, 1.807) is 0 Å². The van der Waals surface area contributed by atoms with Crippen LogP contribution in [0.4, 0.5) is 5.69 Å². The van der Waals surface area contributed by atoms with Gasteiger partial charge < -0.3 is 5.32 Å². The number of rotatable bonds is 4. The summed E-state index contributed by atoms with van der Waals surface area (Å²) in [6.45, 7) is 2.00. The molecule has 0 fully saturated rings. The molecule has 0 radical (unpaired) electrons. The maximum Gasteiger partial charge on any atom is 0.224 e. The van der Waals surface area contributed by atoms with Crippen molar-refractivity contribution < 1.29 is 4.79 Å². The maximum atomic E-state index is 11.9. The molecule has 98 valence electrons. The minimum Gasteiger partial charge on any atom is -0.326 e. The molecule has 0 atom stereocenters. The van der Waals surface area contributed by atoms with E-state index in [0.717, 1.165) is 22.1 Å². The first-order valence-electron chi connectivity index (χ1n) is 6.25. The van der Waals surface area contributed by atoms with E-state index in [9.17, 15) is 4.79 Å².